The zero-order chi connectivity index (χ0) is 15.9. The molecule has 0 spiro atoms. The van der Waals surface area contributed by atoms with Crippen LogP contribution < -0.4 is 4.74 Å². The third-order valence-electron chi connectivity index (χ3n) is 4.91. The van der Waals surface area contributed by atoms with E-state index in [4.69, 9.17) is 9.84 Å². The summed E-state index contributed by atoms with van der Waals surface area (Å²) in [6.45, 7) is 4.91. The Morgan fingerprint density at radius 2 is 1.82 bits per heavy atom. The van der Waals surface area contributed by atoms with Crippen molar-refractivity contribution in [2.24, 2.45) is 11.8 Å². The number of carboxylic acid groups (broad SMARTS) is 1. The molecule has 0 heterocycles. The van der Waals surface area contributed by atoms with Crippen molar-refractivity contribution in [2.75, 3.05) is 6.61 Å². The van der Waals surface area contributed by atoms with E-state index in [2.05, 4.69) is 31.2 Å². The molecule has 0 aromatic heterocycles. The van der Waals surface area contributed by atoms with Gasteiger partial charge in [0.25, 0.3) is 0 Å². The minimum Gasteiger partial charge on any atom is -0.494 e. The number of benzene rings is 1. The number of ether oxygens (including phenoxy) is 1. The predicted octanol–water partition coefficient (Wildman–Crippen LogP) is 4.86. The number of carbonyl (C=O) groups is 1. The van der Waals surface area contributed by atoms with Crippen molar-refractivity contribution in [1.29, 1.82) is 0 Å². The number of hydrogen-bond acceptors (Lipinski definition) is 2. The van der Waals surface area contributed by atoms with Gasteiger partial charge in [0.2, 0.25) is 0 Å². The molecule has 1 aliphatic rings. The van der Waals surface area contributed by atoms with E-state index in [1.807, 2.05) is 6.92 Å². The summed E-state index contributed by atoms with van der Waals surface area (Å²) in [6, 6.07) is 8.50. The van der Waals surface area contributed by atoms with E-state index in [0.717, 1.165) is 37.9 Å². The lowest BCUT2D eigenvalue weighted by molar-refractivity contribution is -0.143. The SMILES string of the molecule is CCCC(c1ccc(OCC)cc1)C1CCC(C(=O)O)CC1. The van der Waals surface area contributed by atoms with E-state index in [0.29, 0.717) is 18.4 Å². The molecule has 122 valence electrons. The summed E-state index contributed by atoms with van der Waals surface area (Å²) in [7, 11) is 0. The maximum absolute atomic E-state index is 11.1. The highest BCUT2D eigenvalue weighted by Crippen LogP contribution is 2.41. The summed E-state index contributed by atoms with van der Waals surface area (Å²) < 4.78 is 5.52. The number of aliphatic carboxylic acids is 1. The van der Waals surface area contributed by atoms with Crippen molar-refractivity contribution in [3.63, 3.8) is 0 Å². The monoisotopic (exact) mass is 304 g/mol. The number of carboxylic acids is 1. The summed E-state index contributed by atoms with van der Waals surface area (Å²) in [6.07, 6.45) is 6.07. The highest BCUT2D eigenvalue weighted by molar-refractivity contribution is 5.70. The van der Waals surface area contributed by atoms with Gasteiger partial charge in [-0.3, -0.25) is 4.79 Å². The van der Waals surface area contributed by atoms with Crippen LogP contribution in [0.4, 0.5) is 0 Å². The van der Waals surface area contributed by atoms with Gasteiger partial charge in [-0.05, 0) is 68.6 Å². The first kappa shape index (κ1) is 16.9. The van der Waals surface area contributed by atoms with Gasteiger partial charge in [0.05, 0.1) is 12.5 Å². The van der Waals surface area contributed by atoms with Crippen LogP contribution in [0.2, 0.25) is 0 Å². The van der Waals surface area contributed by atoms with Crippen LogP contribution in [-0.4, -0.2) is 17.7 Å². The second-order valence-electron chi connectivity index (χ2n) is 6.35. The van der Waals surface area contributed by atoms with Crippen LogP contribution in [0, 0.1) is 11.8 Å². The molecular formula is C19H28O3. The van der Waals surface area contributed by atoms with Gasteiger partial charge in [0.1, 0.15) is 5.75 Å². The zero-order valence-corrected chi connectivity index (χ0v) is 13.8. The molecule has 1 unspecified atom stereocenters. The minimum absolute atomic E-state index is 0.126. The largest absolute Gasteiger partial charge is 0.494 e. The average molecular weight is 304 g/mol. The summed E-state index contributed by atoms with van der Waals surface area (Å²) in [4.78, 5) is 11.1. The quantitative estimate of drug-likeness (QED) is 0.782. The molecule has 1 aromatic carbocycles. The highest BCUT2D eigenvalue weighted by atomic mass is 16.5. The highest BCUT2D eigenvalue weighted by Gasteiger charge is 2.30. The Hall–Kier alpha value is -1.51. The first-order chi connectivity index (χ1) is 10.7. The Morgan fingerprint density at radius 3 is 2.32 bits per heavy atom. The topological polar surface area (TPSA) is 46.5 Å². The summed E-state index contributed by atoms with van der Waals surface area (Å²) in [5, 5.41) is 9.15. The van der Waals surface area contributed by atoms with E-state index in [1.54, 1.807) is 0 Å². The molecule has 0 amide bonds. The lowest BCUT2D eigenvalue weighted by Crippen LogP contribution is -2.25. The molecule has 0 radical (unpaired) electrons. The molecule has 22 heavy (non-hydrogen) atoms. The second kappa shape index (κ2) is 8.21. The first-order valence-corrected chi connectivity index (χ1v) is 8.61. The number of hydrogen-bond donors (Lipinski definition) is 1. The third kappa shape index (κ3) is 4.25. The molecule has 3 nitrogen and oxygen atoms in total. The van der Waals surface area contributed by atoms with E-state index in [-0.39, 0.29) is 5.92 Å². The van der Waals surface area contributed by atoms with Gasteiger partial charge < -0.3 is 9.84 Å². The fraction of sp³-hybridized carbons (Fsp3) is 0.632. The van der Waals surface area contributed by atoms with Gasteiger partial charge in [0, 0.05) is 0 Å². The molecule has 3 heteroatoms. The molecule has 2 rings (SSSR count). The molecule has 0 saturated heterocycles. The van der Waals surface area contributed by atoms with Crippen molar-refractivity contribution >= 4 is 5.97 Å². The first-order valence-electron chi connectivity index (χ1n) is 8.61. The Bertz CT molecular complexity index is 458. The zero-order valence-electron chi connectivity index (χ0n) is 13.8. The Balaban J connectivity index is 2.04. The minimum atomic E-state index is -0.619. The van der Waals surface area contributed by atoms with Crippen molar-refractivity contribution in [3.8, 4) is 5.75 Å². The second-order valence-corrected chi connectivity index (χ2v) is 6.35. The maximum Gasteiger partial charge on any atom is 0.306 e. The van der Waals surface area contributed by atoms with Gasteiger partial charge in [-0.1, -0.05) is 25.5 Å². The normalized spacial score (nSPS) is 23.0. The van der Waals surface area contributed by atoms with Gasteiger partial charge >= 0.3 is 5.97 Å². The summed E-state index contributed by atoms with van der Waals surface area (Å²) >= 11 is 0. The maximum atomic E-state index is 11.1. The Labute approximate surface area is 133 Å². The van der Waals surface area contributed by atoms with Crippen molar-refractivity contribution < 1.29 is 14.6 Å². The molecule has 0 aliphatic heterocycles. The van der Waals surface area contributed by atoms with Gasteiger partial charge in [-0.15, -0.1) is 0 Å². The van der Waals surface area contributed by atoms with E-state index < -0.39 is 5.97 Å². The number of rotatable bonds is 7. The standard InChI is InChI=1S/C19H28O3/c1-3-5-18(14-6-8-16(9-7-14)19(20)21)15-10-12-17(13-11-15)22-4-2/h10-14,16,18H,3-9H2,1-2H3,(H,20,21). The van der Waals surface area contributed by atoms with Crippen LogP contribution in [-0.2, 0) is 4.79 Å². The summed E-state index contributed by atoms with van der Waals surface area (Å²) in [5.74, 6) is 1.35. The molecule has 1 fully saturated rings. The molecular weight excluding hydrogens is 276 g/mol. The molecule has 1 N–H and O–H groups in total. The third-order valence-corrected chi connectivity index (χ3v) is 4.91. The van der Waals surface area contributed by atoms with Crippen molar-refractivity contribution in [2.45, 2.75) is 58.3 Å². The average Bonchev–Trinajstić information content (AvgIpc) is 2.54. The Kier molecular flexibility index (Phi) is 6.29. The lowest BCUT2D eigenvalue weighted by atomic mass is 9.72. The van der Waals surface area contributed by atoms with Gasteiger partial charge in [-0.2, -0.15) is 0 Å². The summed E-state index contributed by atoms with van der Waals surface area (Å²) in [5.41, 5.74) is 1.38. The van der Waals surface area contributed by atoms with Crippen LogP contribution >= 0.6 is 0 Å². The van der Waals surface area contributed by atoms with Crippen LogP contribution in [0.3, 0.4) is 0 Å². The van der Waals surface area contributed by atoms with Crippen LogP contribution in [0.25, 0.3) is 0 Å². The molecule has 1 atom stereocenters. The van der Waals surface area contributed by atoms with E-state index in [9.17, 15) is 4.79 Å². The lowest BCUT2D eigenvalue weighted by Gasteiger charge is -2.33. The van der Waals surface area contributed by atoms with Crippen LogP contribution in [0.15, 0.2) is 24.3 Å². The molecule has 0 bridgehead atoms. The molecule has 1 aromatic rings. The van der Waals surface area contributed by atoms with Crippen LogP contribution in [0.1, 0.15) is 63.9 Å². The molecule has 1 saturated carbocycles. The van der Waals surface area contributed by atoms with E-state index in [1.165, 1.54) is 12.0 Å². The van der Waals surface area contributed by atoms with Crippen molar-refractivity contribution in [1.82, 2.24) is 0 Å². The van der Waals surface area contributed by atoms with Crippen molar-refractivity contribution in [3.05, 3.63) is 29.8 Å². The molecule has 1 aliphatic carbocycles. The van der Waals surface area contributed by atoms with Gasteiger partial charge in [-0.25, -0.2) is 0 Å². The Morgan fingerprint density at radius 1 is 1.18 bits per heavy atom. The fourth-order valence-corrected chi connectivity index (χ4v) is 3.73. The fourth-order valence-electron chi connectivity index (χ4n) is 3.73. The predicted molar refractivity (Wildman–Crippen MR) is 88.3 cm³/mol. The van der Waals surface area contributed by atoms with Crippen LogP contribution in [0.5, 0.6) is 5.75 Å². The van der Waals surface area contributed by atoms with E-state index >= 15 is 0 Å². The smallest absolute Gasteiger partial charge is 0.306 e. The van der Waals surface area contributed by atoms with Gasteiger partial charge in [0.15, 0.2) is 0 Å².